The lowest BCUT2D eigenvalue weighted by Gasteiger charge is -2.13. The Labute approximate surface area is 117 Å². The SMILES string of the molecule is O=S(=O)(c1cc(Cl)c(Br)s1)N1CCC(Cl)C1. The summed E-state index contributed by atoms with van der Waals surface area (Å²) in [6.07, 6.45) is 0.695. The van der Waals surface area contributed by atoms with Gasteiger partial charge in [0.15, 0.2) is 0 Å². The van der Waals surface area contributed by atoms with Gasteiger partial charge in [-0.2, -0.15) is 4.31 Å². The van der Waals surface area contributed by atoms with E-state index in [0.29, 0.717) is 28.3 Å². The van der Waals surface area contributed by atoms with Crippen molar-refractivity contribution in [1.82, 2.24) is 4.31 Å². The molecule has 1 aromatic rings. The van der Waals surface area contributed by atoms with Crippen LogP contribution in [-0.2, 0) is 10.0 Å². The van der Waals surface area contributed by atoms with Gasteiger partial charge in [-0.15, -0.1) is 22.9 Å². The fraction of sp³-hybridized carbons (Fsp3) is 0.500. The van der Waals surface area contributed by atoms with E-state index >= 15 is 0 Å². The van der Waals surface area contributed by atoms with Crippen molar-refractivity contribution in [2.24, 2.45) is 0 Å². The highest BCUT2D eigenvalue weighted by molar-refractivity contribution is 9.11. The van der Waals surface area contributed by atoms with E-state index in [1.54, 1.807) is 0 Å². The largest absolute Gasteiger partial charge is 0.252 e. The summed E-state index contributed by atoms with van der Waals surface area (Å²) in [6, 6.07) is 1.47. The van der Waals surface area contributed by atoms with Gasteiger partial charge in [0.2, 0.25) is 0 Å². The first-order valence-corrected chi connectivity index (χ1v) is 8.36. The second-order valence-corrected chi connectivity index (χ2v) is 9.00. The Balaban J connectivity index is 2.32. The van der Waals surface area contributed by atoms with Gasteiger partial charge in [-0.3, -0.25) is 0 Å². The molecule has 1 atom stereocenters. The van der Waals surface area contributed by atoms with Crippen molar-refractivity contribution in [2.75, 3.05) is 13.1 Å². The second-order valence-electron chi connectivity index (χ2n) is 3.44. The molecule has 1 unspecified atom stereocenters. The van der Waals surface area contributed by atoms with Gasteiger partial charge >= 0.3 is 0 Å². The third kappa shape index (κ3) is 2.42. The van der Waals surface area contributed by atoms with Crippen molar-refractivity contribution in [1.29, 1.82) is 0 Å². The molecule has 0 bridgehead atoms. The summed E-state index contributed by atoms with van der Waals surface area (Å²) in [4.78, 5) is 0. The molecule has 0 spiro atoms. The highest BCUT2D eigenvalue weighted by atomic mass is 79.9. The number of halogens is 3. The first-order chi connectivity index (χ1) is 7.41. The summed E-state index contributed by atoms with van der Waals surface area (Å²) < 4.78 is 26.6. The Morgan fingerprint density at radius 3 is 2.69 bits per heavy atom. The highest BCUT2D eigenvalue weighted by Crippen LogP contribution is 2.36. The fourth-order valence-corrected chi connectivity index (χ4v) is 5.89. The molecule has 0 radical (unpaired) electrons. The van der Waals surface area contributed by atoms with E-state index in [9.17, 15) is 8.42 Å². The van der Waals surface area contributed by atoms with Crippen LogP contribution in [-0.4, -0.2) is 31.2 Å². The first-order valence-electron chi connectivity index (χ1n) is 4.50. The van der Waals surface area contributed by atoms with Crippen LogP contribution in [0.1, 0.15) is 6.42 Å². The molecule has 8 heteroatoms. The number of alkyl halides is 1. The minimum absolute atomic E-state index is 0.0892. The summed E-state index contributed by atoms with van der Waals surface area (Å²) >= 11 is 16.1. The fourth-order valence-electron chi connectivity index (χ4n) is 1.49. The van der Waals surface area contributed by atoms with E-state index in [0.717, 1.165) is 11.3 Å². The Morgan fingerprint density at radius 2 is 2.25 bits per heavy atom. The summed E-state index contributed by atoms with van der Waals surface area (Å²) in [5, 5.41) is 0.332. The maximum Gasteiger partial charge on any atom is 0.252 e. The van der Waals surface area contributed by atoms with Gasteiger partial charge in [0.25, 0.3) is 10.0 Å². The third-order valence-electron chi connectivity index (χ3n) is 2.31. The minimum Gasteiger partial charge on any atom is -0.206 e. The van der Waals surface area contributed by atoms with E-state index in [4.69, 9.17) is 23.2 Å². The summed E-state index contributed by atoms with van der Waals surface area (Å²) in [5.41, 5.74) is 0. The number of hydrogen-bond donors (Lipinski definition) is 0. The molecular weight excluding hydrogens is 357 g/mol. The molecule has 0 aliphatic carbocycles. The Kier molecular flexibility index (Phi) is 3.88. The molecule has 0 amide bonds. The van der Waals surface area contributed by atoms with Gasteiger partial charge in [-0.25, -0.2) is 8.42 Å². The van der Waals surface area contributed by atoms with Crippen molar-refractivity contribution in [3.05, 3.63) is 14.9 Å². The van der Waals surface area contributed by atoms with Crippen LogP contribution < -0.4 is 0 Å². The van der Waals surface area contributed by atoms with Crippen LogP contribution in [0.3, 0.4) is 0 Å². The minimum atomic E-state index is -3.42. The average molecular weight is 365 g/mol. The third-order valence-corrected chi connectivity index (χ3v) is 7.46. The molecule has 1 aliphatic heterocycles. The maximum absolute atomic E-state index is 12.1. The van der Waals surface area contributed by atoms with E-state index in [1.165, 1.54) is 10.4 Å². The maximum atomic E-state index is 12.1. The van der Waals surface area contributed by atoms with Crippen LogP contribution in [0, 0.1) is 0 Å². The lowest BCUT2D eigenvalue weighted by Crippen LogP contribution is -2.28. The standard InChI is InChI=1S/C8H8BrCl2NO2S2/c9-8-6(11)3-7(15-8)16(13,14)12-2-1-5(10)4-12/h3,5H,1-2,4H2. The summed E-state index contributed by atoms with van der Waals surface area (Å²) in [5.74, 6) is 0. The summed E-state index contributed by atoms with van der Waals surface area (Å²) in [6.45, 7) is 0.848. The van der Waals surface area contributed by atoms with Crippen LogP contribution >= 0.6 is 50.5 Å². The van der Waals surface area contributed by atoms with Gasteiger partial charge in [-0.05, 0) is 28.4 Å². The smallest absolute Gasteiger partial charge is 0.206 e. The van der Waals surface area contributed by atoms with E-state index < -0.39 is 10.0 Å². The Bertz CT molecular complexity index is 483. The van der Waals surface area contributed by atoms with Crippen LogP contribution in [0.5, 0.6) is 0 Å². The predicted octanol–water partition coefficient (Wildman–Crippen LogP) is 3.17. The number of nitrogens with zero attached hydrogens (tertiary/aromatic N) is 1. The Hall–Kier alpha value is 0.670. The van der Waals surface area contributed by atoms with Crippen LogP contribution in [0.25, 0.3) is 0 Å². The van der Waals surface area contributed by atoms with E-state index in [-0.39, 0.29) is 9.59 Å². The lowest BCUT2D eigenvalue weighted by molar-refractivity contribution is 0.479. The zero-order chi connectivity index (χ0) is 11.9. The van der Waals surface area contributed by atoms with E-state index in [2.05, 4.69) is 15.9 Å². The van der Waals surface area contributed by atoms with Gasteiger partial charge in [0.1, 0.15) is 4.21 Å². The first kappa shape index (κ1) is 13.1. The molecule has 2 heterocycles. The van der Waals surface area contributed by atoms with Gasteiger partial charge in [0, 0.05) is 18.5 Å². The van der Waals surface area contributed by atoms with Crippen LogP contribution in [0.15, 0.2) is 14.1 Å². The van der Waals surface area contributed by atoms with Gasteiger partial charge in [0.05, 0.1) is 8.81 Å². The zero-order valence-corrected chi connectivity index (χ0v) is 12.7. The van der Waals surface area contributed by atoms with Crippen LogP contribution in [0.2, 0.25) is 5.02 Å². The predicted molar refractivity (Wildman–Crippen MR) is 70.0 cm³/mol. The molecule has 0 saturated carbocycles. The number of sulfonamides is 1. The number of rotatable bonds is 2. The molecular formula is C8H8BrCl2NO2S2. The molecule has 1 aromatic heterocycles. The molecule has 90 valence electrons. The summed E-state index contributed by atoms with van der Waals surface area (Å²) in [7, 11) is -3.42. The average Bonchev–Trinajstić information content (AvgIpc) is 2.75. The van der Waals surface area contributed by atoms with Gasteiger partial charge < -0.3 is 0 Å². The molecule has 1 aliphatic rings. The number of thiophene rings is 1. The molecule has 1 saturated heterocycles. The topological polar surface area (TPSA) is 37.4 Å². The quantitative estimate of drug-likeness (QED) is 0.756. The van der Waals surface area contributed by atoms with Crippen molar-refractivity contribution in [3.8, 4) is 0 Å². The molecule has 0 aromatic carbocycles. The molecule has 16 heavy (non-hydrogen) atoms. The molecule has 2 rings (SSSR count). The monoisotopic (exact) mass is 363 g/mol. The van der Waals surface area contributed by atoms with Gasteiger partial charge in [-0.1, -0.05) is 11.6 Å². The van der Waals surface area contributed by atoms with Crippen LogP contribution in [0.4, 0.5) is 0 Å². The number of hydrogen-bond acceptors (Lipinski definition) is 3. The second kappa shape index (κ2) is 4.74. The van der Waals surface area contributed by atoms with Crippen molar-refractivity contribution in [2.45, 2.75) is 16.0 Å². The lowest BCUT2D eigenvalue weighted by atomic mass is 10.4. The highest BCUT2D eigenvalue weighted by Gasteiger charge is 2.33. The Morgan fingerprint density at radius 1 is 1.56 bits per heavy atom. The molecule has 3 nitrogen and oxygen atoms in total. The van der Waals surface area contributed by atoms with Crippen molar-refractivity contribution < 1.29 is 8.42 Å². The van der Waals surface area contributed by atoms with Crippen molar-refractivity contribution in [3.63, 3.8) is 0 Å². The normalized spacial score (nSPS) is 22.8. The van der Waals surface area contributed by atoms with E-state index in [1.807, 2.05) is 0 Å². The zero-order valence-electron chi connectivity index (χ0n) is 7.99. The molecule has 0 N–H and O–H groups in total. The molecule has 1 fully saturated rings. The van der Waals surface area contributed by atoms with Crippen molar-refractivity contribution >= 4 is 60.5 Å².